The van der Waals surface area contributed by atoms with Crippen molar-refractivity contribution in [2.45, 2.75) is 13.1 Å². The largest absolute Gasteiger partial charge is 0.438 e. The zero-order valence-corrected chi connectivity index (χ0v) is 16.1. The number of hydrogen-bond donors (Lipinski definition) is 1. The Balaban J connectivity index is 1.65. The van der Waals surface area contributed by atoms with Gasteiger partial charge in [-0.05, 0) is 31.2 Å². The Morgan fingerprint density at radius 3 is 2.60 bits per heavy atom. The maximum absolute atomic E-state index is 12.8. The van der Waals surface area contributed by atoms with Gasteiger partial charge in [0.25, 0.3) is 5.95 Å². The third kappa shape index (κ3) is 3.66. The first-order chi connectivity index (χ1) is 14.2. The van der Waals surface area contributed by atoms with Gasteiger partial charge >= 0.3 is 6.18 Å². The molecular weight excluding hydrogens is 423 g/mol. The predicted octanol–water partition coefficient (Wildman–Crippen LogP) is 4.01. The van der Waals surface area contributed by atoms with Gasteiger partial charge in [-0.3, -0.25) is 0 Å². The molecule has 0 fully saturated rings. The summed E-state index contributed by atoms with van der Waals surface area (Å²) in [4.78, 5) is 3.68. The van der Waals surface area contributed by atoms with Crippen molar-refractivity contribution < 1.29 is 17.9 Å². The van der Waals surface area contributed by atoms with E-state index in [4.69, 9.17) is 22.2 Å². The Kier molecular flexibility index (Phi) is 4.82. The predicted molar refractivity (Wildman–Crippen MR) is 102 cm³/mol. The number of nitrogens with two attached hydrogens (primary N) is 1. The van der Waals surface area contributed by atoms with E-state index in [0.717, 1.165) is 6.07 Å². The summed E-state index contributed by atoms with van der Waals surface area (Å²) in [6, 6.07) is 9.29. The van der Waals surface area contributed by atoms with Gasteiger partial charge in [0.1, 0.15) is 10.8 Å². The molecule has 1 aromatic carbocycles. The van der Waals surface area contributed by atoms with E-state index in [1.807, 2.05) is 0 Å². The number of nitrogens with zero attached hydrogens (tertiary/aromatic N) is 6. The number of pyridine rings is 1. The molecule has 3 aromatic heterocycles. The number of aryl methyl sites for hydroxylation is 1. The molecule has 0 amide bonds. The summed E-state index contributed by atoms with van der Waals surface area (Å²) >= 11 is 5.92. The van der Waals surface area contributed by atoms with E-state index in [0.29, 0.717) is 35.0 Å². The van der Waals surface area contributed by atoms with Crippen LogP contribution < -0.4 is 10.6 Å². The number of rotatable bonds is 4. The second-order valence-corrected chi connectivity index (χ2v) is 6.59. The molecule has 30 heavy (non-hydrogen) atoms. The number of alkyl halides is 3. The molecule has 154 valence electrons. The summed E-state index contributed by atoms with van der Waals surface area (Å²) in [5, 5.41) is 11.9. The van der Waals surface area contributed by atoms with Gasteiger partial charge in [0, 0.05) is 11.8 Å². The first-order valence-electron chi connectivity index (χ1n) is 8.46. The molecule has 4 rings (SSSR count). The van der Waals surface area contributed by atoms with Crippen molar-refractivity contribution in [3.63, 3.8) is 0 Å². The number of aromatic nitrogens is 6. The van der Waals surface area contributed by atoms with Crippen molar-refractivity contribution in [3.05, 3.63) is 65.2 Å². The van der Waals surface area contributed by atoms with Crippen molar-refractivity contribution >= 4 is 11.6 Å². The van der Waals surface area contributed by atoms with Crippen LogP contribution in [0.1, 0.15) is 11.4 Å². The first-order valence-corrected chi connectivity index (χ1v) is 8.84. The van der Waals surface area contributed by atoms with Gasteiger partial charge in [-0.15, -0.1) is 10.2 Å². The molecule has 8 nitrogen and oxygen atoms in total. The summed E-state index contributed by atoms with van der Waals surface area (Å²) in [5.41, 5.74) is 0.374. The lowest BCUT2D eigenvalue weighted by atomic mass is 10.1. The monoisotopic (exact) mass is 435 g/mol. The van der Waals surface area contributed by atoms with Crippen LogP contribution in [0.25, 0.3) is 17.2 Å². The van der Waals surface area contributed by atoms with Crippen molar-refractivity contribution in [2.24, 2.45) is 0 Å². The molecule has 2 N–H and O–H groups in total. The Morgan fingerprint density at radius 2 is 1.93 bits per heavy atom. The first kappa shape index (κ1) is 19.7. The molecule has 0 aliphatic carbocycles. The van der Waals surface area contributed by atoms with Crippen LogP contribution in [0, 0.1) is 6.92 Å². The second kappa shape index (κ2) is 7.34. The molecule has 0 radical (unpaired) electrons. The Bertz CT molecular complexity index is 1220. The molecule has 0 saturated carbocycles. The van der Waals surface area contributed by atoms with Crippen molar-refractivity contribution in [3.8, 4) is 28.8 Å². The van der Waals surface area contributed by atoms with Gasteiger partial charge < -0.3 is 10.6 Å². The second-order valence-electron chi connectivity index (χ2n) is 6.18. The van der Waals surface area contributed by atoms with Crippen LogP contribution in [0.3, 0.4) is 0 Å². The van der Waals surface area contributed by atoms with Crippen LogP contribution in [0.15, 0.2) is 48.8 Å². The Labute approximate surface area is 172 Å². The van der Waals surface area contributed by atoms with E-state index < -0.39 is 11.7 Å². The number of benzene rings is 1. The fraction of sp³-hybridized carbons (Fsp3) is 0.111. The zero-order chi connectivity index (χ0) is 21.5. The van der Waals surface area contributed by atoms with Crippen molar-refractivity contribution in [1.29, 1.82) is 0 Å². The van der Waals surface area contributed by atoms with Gasteiger partial charge in [0.05, 0.1) is 17.5 Å². The molecule has 4 aromatic rings. The van der Waals surface area contributed by atoms with E-state index in [1.165, 1.54) is 9.36 Å². The van der Waals surface area contributed by atoms with Gasteiger partial charge in [-0.25, -0.2) is 9.66 Å². The van der Waals surface area contributed by atoms with Crippen molar-refractivity contribution in [2.75, 3.05) is 5.84 Å². The van der Waals surface area contributed by atoms with E-state index in [1.54, 1.807) is 43.5 Å². The van der Waals surface area contributed by atoms with Gasteiger partial charge in [-0.1, -0.05) is 23.7 Å². The van der Waals surface area contributed by atoms with Crippen LogP contribution in [-0.2, 0) is 6.18 Å². The average molecular weight is 436 g/mol. The fourth-order valence-electron chi connectivity index (χ4n) is 2.67. The van der Waals surface area contributed by atoms with E-state index in [-0.39, 0.29) is 10.9 Å². The highest BCUT2D eigenvalue weighted by Gasteiger charge is 2.31. The van der Waals surface area contributed by atoms with Crippen LogP contribution >= 0.6 is 11.6 Å². The summed E-state index contributed by atoms with van der Waals surface area (Å²) in [5.74, 6) is 6.93. The maximum atomic E-state index is 12.8. The average Bonchev–Trinajstić information content (AvgIpc) is 3.30. The fourth-order valence-corrected chi connectivity index (χ4v) is 2.87. The minimum atomic E-state index is -4.55. The molecule has 0 unspecified atom stereocenters. The molecule has 12 heteroatoms. The maximum Gasteiger partial charge on any atom is 0.417 e. The topological polar surface area (TPSA) is 96.7 Å². The minimum absolute atomic E-state index is 0.146. The molecule has 0 aliphatic heterocycles. The normalized spacial score (nSPS) is 11.6. The Hall–Kier alpha value is -3.60. The molecule has 0 aliphatic rings. The number of nitrogen functional groups attached to an aromatic ring is 1. The molecule has 0 bridgehead atoms. The highest BCUT2D eigenvalue weighted by Crippen LogP contribution is 2.35. The van der Waals surface area contributed by atoms with Gasteiger partial charge in [0.15, 0.2) is 5.82 Å². The summed E-state index contributed by atoms with van der Waals surface area (Å²) in [7, 11) is 0. The SMILES string of the molecule is Cc1nnc(-n2nccc2-c2cccc(Oc3ncc(C(F)(F)F)cc3Cl)c2)n1N. The molecule has 0 atom stereocenters. The van der Waals surface area contributed by atoms with Crippen LogP contribution in [0.4, 0.5) is 13.2 Å². The highest BCUT2D eigenvalue weighted by molar-refractivity contribution is 6.31. The summed E-state index contributed by atoms with van der Waals surface area (Å²) < 4.78 is 46.7. The lowest BCUT2D eigenvalue weighted by Crippen LogP contribution is -2.17. The van der Waals surface area contributed by atoms with E-state index in [2.05, 4.69) is 20.3 Å². The van der Waals surface area contributed by atoms with Crippen molar-refractivity contribution in [1.82, 2.24) is 29.6 Å². The smallest absolute Gasteiger partial charge is 0.417 e. The standard InChI is InChI=1S/C18H13ClF3N7O/c1-10-26-27-17(28(10)23)29-15(5-6-25-29)11-3-2-4-13(7-11)30-16-14(19)8-12(9-24-16)18(20,21)22/h2-9H,23H2,1H3. The molecule has 0 spiro atoms. The lowest BCUT2D eigenvalue weighted by molar-refractivity contribution is -0.137. The zero-order valence-electron chi connectivity index (χ0n) is 15.3. The lowest BCUT2D eigenvalue weighted by Gasteiger charge is -2.11. The van der Waals surface area contributed by atoms with E-state index >= 15 is 0 Å². The molecule has 3 heterocycles. The van der Waals surface area contributed by atoms with Crippen LogP contribution in [0.2, 0.25) is 5.02 Å². The van der Waals surface area contributed by atoms with Crippen LogP contribution in [0.5, 0.6) is 11.6 Å². The molecule has 0 saturated heterocycles. The minimum Gasteiger partial charge on any atom is -0.438 e. The number of ether oxygens (including phenoxy) is 1. The van der Waals surface area contributed by atoms with Crippen LogP contribution in [-0.4, -0.2) is 29.6 Å². The van der Waals surface area contributed by atoms with Gasteiger partial charge in [0.2, 0.25) is 5.88 Å². The Morgan fingerprint density at radius 1 is 1.13 bits per heavy atom. The number of halogens is 4. The van der Waals surface area contributed by atoms with E-state index in [9.17, 15) is 13.2 Å². The van der Waals surface area contributed by atoms with Gasteiger partial charge in [-0.2, -0.15) is 23.0 Å². The third-order valence-electron chi connectivity index (χ3n) is 4.16. The summed E-state index contributed by atoms with van der Waals surface area (Å²) in [6.45, 7) is 1.70. The summed E-state index contributed by atoms with van der Waals surface area (Å²) in [6.07, 6.45) is -2.31. The third-order valence-corrected chi connectivity index (χ3v) is 4.43. The highest BCUT2D eigenvalue weighted by atomic mass is 35.5. The quantitative estimate of drug-likeness (QED) is 0.486. The number of hydrogen-bond acceptors (Lipinski definition) is 6. The molecular formula is C18H13ClF3N7O.